The van der Waals surface area contributed by atoms with Crippen LogP contribution in [0.4, 0.5) is 8.78 Å². The molecular formula is C23H23BrF2NO5PS. The van der Waals surface area contributed by atoms with Crippen molar-refractivity contribution >= 4 is 50.9 Å². The zero-order valence-corrected chi connectivity index (χ0v) is 21.2. The zero-order valence-electron chi connectivity index (χ0n) is 17.9. The average molecular weight is 574 g/mol. The summed E-state index contributed by atoms with van der Waals surface area (Å²) in [5, 5.41) is 3.31. The average Bonchev–Trinajstić information content (AvgIpc) is 3.15. The number of ether oxygens (including phenoxy) is 1. The van der Waals surface area contributed by atoms with Crippen LogP contribution in [0, 0.1) is 0 Å². The number of amides is 1. The molecule has 0 saturated heterocycles. The Morgan fingerprint density at radius 2 is 1.88 bits per heavy atom. The molecule has 1 saturated carbocycles. The molecule has 3 N–H and O–H groups in total. The van der Waals surface area contributed by atoms with Crippen LogP contribution in [0.2, 0.25) is 0 Å². The van der Waals surface area contributed by atoms with Crippen molar-refractivity contribution in [2.75, 3.05) is 0 Å². The first kappa shape index (κ1) is 25.4. The SMILES string of the molecule is O=C(N[C@@H]1CCCC[C@H]1OCc1ccccc1)c1ccc2sc(C(F)(F)P(=O)(O)O)c(Br)c2c1. The summed E-state index contributed by atoms with van der Waals surface area (Å²) in [6.07, 6.45) is 3.44. The first-order valence-corrected chi connectivity index (χ1v) is 13.9. The number of fused-ring (bicyclic) bond motifs is 1. The molecular weight excluding hydrogens is 551 g/mol. The summed E-state index contributed by atoms with van der Waals surface area (Å²) < 4.78 is 46.3. The van der Waals surface area contributed by atoms with Crippen molar-refractivity contribution in [3.8, 4) is 0 Å². The van der Waals surface area contributed by atoms with Crippen molar-refractivity contribution in [2.45, 2.75) is 50.1 Å². The molecule has 1 fully saturated rings. The summed E-state index contributed by atoms with van der Waals surface area (Å²) in [5.74, 6) is -0.358. The van der Waals surface area contributed by atoms with Crippen LogP contribution >= 0.6 is 34.9 Å². The van der Waals surface area contributed by atoms with Crippen LogP contribution in [-0.4, -0.2) is 27.8 Å². The molecule has 0 bridgehead atoms. The number of hydrogen-bond acceptors (Lipinski definition) is 4. The van der Waals surface area contributed by atoms with E-state index in [1.54, 1.807) is 0 Å². The number of halogens is 3. The van der Waals surface area contributed by atoms with Gasteiger partial charge in [0.1, 0.15) is 4.88 Å². The Hall–Kier alpha value is -1.68. The van der Waals surface area contributed by atoms with Gasteiger partial charge in [0.05, 0.1) is 18.8 Å². The van der Waals surface area contributed by atoms with Crippen LogP contribution in [0.25, 0.3) is 10.1 Å². The number of hydrogen-bond donors (Lipinski definition) is 3. The maximum absolute atomic E-state index is 14.3. The van der Waals surface area contributed by atoms with E-state index in [0.717, 1.165) is 31.2 Å². The minimum atomic E-state index is -5.71. The lowest BCUT2D eigenvalue weighted by Gasteiger charge is -2.32. The number of nitrogens with one attached hydrogen (secondary N) is 1. The Labute approximate surface area is 207 Å². The van der Waals surface area contributed by atoms with Crippen LogP contribution in [0.3, 0.4) is 0 Å². The first-order valence-electron chi connectivity index (χ1n) is 10.7. The summed E-state index contributed by atoms with van der Waals surface area (Å²) in [4.78, 5) is 30.4. The van der Waals surface area contributed by atoms with Gasteiger partial charge in [-0.15, -0.1) is 11.3 Å². The molecule has 11 heteroatoms. The normalized spacial score (nSPS) is 19.3. The number of carbonyl (C=O) groups is 1. The summed E-state index contributed by atoms with van der Waals surface area (Å²) >= 11 is 3.63. The van der Waals surface area contributed by atoms with Gasteiger partial charge in [-0.1, -0.05) is 43.2 Å². The van der Waals surface area contributed by atoms with Gasteiger partial charge in [-0.25, -0.2) is 0 Å². The van der Waals surface area contributed by atoms with Gasteiger partial charge >= 0.3 is 13.3 Å². The smallest absolute Gasteiger partial charge is 0.371 e. The predicted octanol–water partition coefficient (Wildman–Crippen LogP) is 6.15. The Balaban J connectivity index is 1.51. The van der Waals surface area contributed by atoms with E-state index in [0.29, 0.717) is 28.0 Å². The van der Waals surface area contributed by atoms with Crippen LogP contribution < -0.4 is 5.32 Å². The number of benzene rings is 2. The third-order valence-electron chi connectivity index (χ3n) is 5.85. The van der Waals surface area contributed by atoms with Crippen LogP contribution in [0.15, 0.2) is 53.0 Å². The van der Waals surface area contributed by atoms with Gasteiger partial charge < -0.3 is 19.8 Å². The third kappa shape index (κ3) is 5.27. The van der Waals surface area contributed by atoms with E-state index < -0.39 is 18.1 Å². The van der Waals surface area contributed by atoms with E-state index in [2.05, 4.69) is 21.2 Å². The number of carbonyl (C=O) groups excluding carboxylic acids is 1. The summed E-state index contributed by atoms with van der Waals surface area (Å²) in [6.45, 7) is 0.447. The van der Waals surface area contributed by atoms with Gasteiger partial charge in [0.15, 0.2) is 0 Å². The molecule has 1 aliphatic rings. The highest BCUT2D eigenvalue weighted by Crippen LogP contribution is 2.62. The van der Waals surface area contributed by atoms with Crippen LogP contribution in [0.5, 0.6) is 0 Å². The van der Waals surface area contributed by atoms with Crippen molar-refractivity contribution in [1.29, 1.82) is 0 Å². The zero-order chi connectivity index (χ0) is 24.5. The first-order chi connectivity index (χ1) is 16.1. The van der Waals surface area contributed by atoms with E-state index in [9.17, 15) is 18.1 Å². The van der Waals surface area contributed by atoms with E-state index in [1.807, 2.05) is 30.3 Å². The van der Waals surface area contributed by atoms with E-state index in [1.165, 1.54) is 18.2 Å². The van der Waals surface area contributed by atoms with Crippen molar-refractivity contribution in [3.05, 3.63) is 69.0 Å². The molecule has 34 heavy (non-hydrogen) atoms. The van der Waals surface area contributed by atoms with Crippen LogP contribution in [-0.2, 0) is 21.6 Å². The standard InChI is InChI=1S/C23H23BrF2NO5PS/c24-20-16-12-15(10-11-19(16)34-21(20)23(25,26)33(29,30)31)22(28)27-17-8-4-5-9-18(17)32-13-14-6-2-1-3-7-14/h1-3,6-7,10-12,17-18H,4-5,8-9,13H2,(H,27,28)(H2,29,30,31)/t17-,18-/m1/s1. The quantitative estimate of drug-likeness (QED) is 0.295. The molecule has 2 aromatic carbocycles. The summed E-state index contributed by atoms with van der Waals surface area (Å²) in [7, 11) is -5.71. The fraction of sp³-hybridized carbons (Fsp3) is 0.348. The minimum absolute atomic E-state index is 0.128. The molecule has 6 nitrogen and oxygen atoms in total. The van der Waals surface area contributed by atoms with E-state index in [-0.39, 0.29) is 28.1 Å². The molecule has 2 atom stereocenters. The Morgan fingerprint density at radius 3 is 2.59 bits per heavy atom. The highest BCUT2D eigenvalue weighted by molar-refractivity contribution is 9.10. The second kappa shape index (κ2) is 10.1. The van der Waals surface area contributed by atoms with E-state index in [4.69, 9.17) is 14.5 Å². The highest BCUT2D eigenvalue weighted by atomic mass is 79.9. The van der Waals surface area contributed by atoms with Crippen molar-refractivity contribution < 1.29 is 32.7 Å². The molecule has 0 spiro atoms. The van der Waals surface area contributed by atoms with Crippen LogP contribution in [0.1, 0.15) is 46.5 Å². The van der Waals surface area contributed by atoms with Gasteiger partial charge in [-0.05, 0) is 52.5 Å². The Bertz CT molecular complexity index is 1230. The maximum Gasteiger partial charge on any atom is 0.400 e. The minimum Gasteiger partial charge on any atom is -0.371 e. The van der Waals surface area contributed by atoms with Crippen molar-refractivity contribution in [1.82, 2.24) is 5.32 Å². The number of rotatable bonds is 7. The highest BCUT2D eigenvalue weighted by Gasteiger charge is 2.53. The fourth-order valence-corrected chi connectivity index (χ4v) is 6.95. The van der Waals surface area contributed by atoms with Crippen molar-refractivity contribution in [3.63, 3.8) is 0 Å². The Kier molecular flexibility index (Phi) is 7.57. The number of thiophene rings is 1. The Morgan fingerprint density at radius 1 is 1.18 bits per heavy atom. The molecule has 1 aromatic heterocycles. The van der Waals surface area contributed by atoms with Gasteiger partial charge in [-0.2, -0.15) is 8.78 Å². The molecule has 4 rings (SSSR count). The number of alkyl halides is 2. The molecule has 1 amide bonds. The van der Waals surface area contributed by atoms with Gasteiger partial charge in [0, 0.05) is 20.1 Å². The van der Waals surface area contributed by atoms with E-state index >= 15 is 0 Å². The second-order valence-electron chi connectivity index (χ2n) is 8.24. The van der Waals surface area contributed by atoms with Gasteiger partial charge in [-0.3, -0.25) is 9.36 Å². The third-order valence-corrected chi connectivity index (χ3v) is 9.29. The lowest BCUT2D eigenvalue weighted by Crippen LogP contribution is -2.46. The molecule has 1 aliphatic carbocycles. The predicted molar refractivity (Wildman–Crippen MR) is 130 cm³/mol. The van der Waals surface area contributed by atoms with Gasteiger partial charge in [0.2, 0.25) is 0 Å². The summed E-state index contributed by atoms with van der Waals surface area (Å²) in [5.41, 5.74) is -3.01. The van der Waals surface area contributed by atoms with Gasteiger partial charge in [0.25, 0.3) is 5.91 Å². The lowest BCUT2D eigenvalue weighted by atomic mass is 9.92. The monoisotopic (exact) mass is 573 g/mol. The second-order valence-corrected chi connectivity index (χ2v) is 11.7. The topological polar surface area (TPSA) is 95.9 Å². The summed E-state index contributed by atoms with van der Waals surface area (Å²) in [6, 6.07) is 14.1. The molecule has 0 radical (unpaired) electrons. The molecule has 3 aromatic rings. The molecule has 0 unspecified atom stereocenters. The largest absolute Gasteiger partial charge is 0.400 e. The lowest BCUT2D eigenvalue weighted by molar-refractivity contribution is -0.00461. The maximum atomic E-state index is 14.3. The molecule has 182 valence electrons. The molecule has 0 aliphatic heterocycles. The molecule has 1 heterocycles. The fourth-order valence-electron chi connectivity index (χ4n) is 4.03. The van der Waals surface area contributed by atoms with Crippen molar-refractivity contribution in [2.24, 2.45) is 0 Å².